The summed E-state index contributed by atoms with van der Waals surface area (Å²) in [5.74, 6) is 0.592. The smallest absolute Gasteiger partial charge is 0.235 e. The fourth-order valence-electron chi connectivity index (χ4n) is 9.74. The predicted molar refractivity (Wildman–Crippen MR) is 250 cm³/mol. The average Bonchev–Trinajstić information content (AvgIpc) is 3.89. The van der Waals surface area contributed by atoms with E-state index in [9.17, 15) is 0 Å². The first-order chi connectivity index (χ1) is 29.8. The zero-order valence-electron chi connectivity index (χ0n) is 32.3. The molecular formula is C56H33N3O. The monoisotopic (exact) mass is 763 g/mol. The Balaban J connectivity index is 1.19. The molecule has 0 aliphatic carbocycles. The van der Waals surface area contributed by atoms with Crippen molar-refractivity contribution in [1.82, 2.24) is 14.5 Å². The van der Waals surface area contributed by atoms with Gasteiger partial charge in [-0.1, -0.05) is 176 Å². The third-order valence-electron chi connectivity index (χ3n) is 12.4. The van der Waals surface area contributed by atoms with Crippen LogP contribution in [0, 0.1) is 0 Å². The topological polar surface area (TPSA) is 43.9 Å². The molecule has 0 aliphatic rings. The lowest BCUT2D eigenvalue weighted by Crippen LogP contribution is -2.04. The molecule has 0 saturated carbocycles. The molecule has 3 aromatic heterocycles. The summed E-state index contributed by atoms with van der Waals surface area (Å²) in [7, 11) is 0. The zero-order chi connectivity index (χ0) is 39.3. The van der Waals surface area contributed by atoms with Crippen LogP contribution in [0.25, 0.3) is 126 Å². The molecule has 60 heavy (non-hydrogen) atoms. The minimum Gasteiger partial charge on any atom is -0.453 e. The summed E-state index contributed by atoms with van der Waals surface area (Å²) in [6, 6.07) is 71.1. The van der Waals surface area contributed by atoms with Gasteiger partial charge in [0.15, 0.2) is 5.58 Å². The van der Waals surface area contributed by atoms with Gasteiger partial charge >= 0.3 is 0 Å². The molecule has 0 spiro atoms. The molecule has 4 nitrogen and oxygen atoms in total. The maximum atomic E-state index is 7.48. The second-order valence-corrected chi connectivity index (χ2v) is 15.6. The van der Waals surface area contributed by atoms with Crippen molar-refractivity contribution in [3.05, 3.63) is 200 Å². The quantitative estimate of drug-likeness (QED) is 0.168. The van der Waals surface area contributed by atoms with Gasteiger partial charge in [0.2, 0.25) is 5.95 Å². The van der Waals surface area contributed by atoms with Gasteiger partial charge in [-0.25, -0.2) is 9.97 Å². The summed E-state index contributed by atoms with van der Waals surface area (Å²) < 4.78 is 9.70. The van der Waals surface area contributed by atoms with E-state index in [4.69, 9.17) is 14.4 Å². The SMILES string of the molecule is c1ccc(-c2ccc3c(c2)c2ccccc2c2c4oc5c(ccc6c7ccccc7n(-c7nc(-c8ccccc8)cc(-c8ccccc8)n7)c65)c4c4ccccc4c32)cc1. The van der Waals surface area contributed by atoms with E-state index in [1.54, 1.807) is 0 Å². The molecule has 3 heterocycles. The Labute approximate surface area is 344 Å². The number of aromatic nitrogens is 3. The van der Waals surface area contributed by atoms with Crippen molar-refractivity contribution in [3.63, 3.8) is 0 Å². The van der Waals surface area contributed by atoms with E-state index in [-0.39, 0.29) is 0 Å². The summed E-state index contributed by atoms with van der Waals surface area (Å²) in [4.78, 5) is 10.7. The van der Waals surface area contributed by atoms with Crippen LogP contribution in [0.4, 0.5) is 0 Å². The van der Waals surface area contributed by atoms with Crippen molar-refractivity contribution < 1.29 is 4.42 Å². The molecule has 0 saturated heterocycles. The Bertz CT molecular complexity index is 3810. The fourth-order valence-corrected chi connectivity index (χ4v) is 9.74. The molecule has 0 unspecified atom stereocenters. The van der Waals surface area contributed by atoms with Crippen molar-refractivity contribution in [2.75, 3.05) is 0 Å². The van der Waals surface area contributed by atoms with Gasteiger partial charge in [-0.15, -0.1) is 0 Å². The Kier molecular flexibility index (Phi) is 6.98. The molecule has 0 aliphatic heterocycles. The van der Waals surface area contributed by atoms with E-state index in [1.807, 2.05) is 12.1 Å². The fraction of sp³-hybridized carbons (Fsp3) is 0. The molecule has 0 N–H and O–H groups in total. The van der Waals surface area contributed by atoms with Crippen molar-refractivity contribution in [1.29, 1.82) is 0 Å². The average molecular weight is 764 g/mol. The van der Waals surface area contributed by atoms with Gasteiger partial charge in [-0.05, 0) is 67.7 Å². The maximum absolute atomic E-state index is 7.48. The summed E-state index contributed by atoms with van der Waals surface area (Å²) in [6.45, 7) is 0. The third kappa shape index (κ3) is 4.73. The van der Waals surface area contributed by atoms with Crippen LogP contribution in [0.1, 0.15) is 0 Å². The van der Waals surface area contributed by atoms with Crippen LogP contribution in [0.5, 0.6) is 0 Å². The van der Waals surface area contributed by atoms with Crippen LogP contribution in [0.2, 0.25) is 0 Å². The van der Waals surface area contributed by atoms with Crippen LogP contribution >= 0.6 is 0 Å². The molecule has 0 radical (unpaired) electrons. The van der Waals surface area contributed by atoms with Gasteiger partial charge < -0.3 is 4.42 Å². The third-order valence-corrected chi connectivity index (χ3v) is 12.4. The lowest BCUT2D eigenvalue weighted by molar-refractivity contribution is 0.675. The number of benzene rings is 10. The summed E-state index contributed by atoms with van der Waals surface area (Å²) in [6.07, 6.45) is 0. The lowest BCUT2D eigenvalue weighted by Gasteiger charge is -2.15. The first-order valence-corrected chi connectivity index (χ1v) is 20.4. The minimum atomic E-state index is 0.592. The highest BCUT2D eigenvalue weighted by Gasteiger charge is 2.25. The van der Waals surface area contributed by atoms with Gasteiger partial charge in [0.1, 0.15) is 11.1 Å². The summed E-state index contributed by atoms with van der Waals surface area (Å²) in [5.41, 5.74) is 9.84. The van der Waals surface area contributed by atoms with Crippen LogP contribution in [0.3, 0.4) is 0 Å². The van der Waals surface area contributed by atoms with Crippen molar-refractivity contribution in [3.8, 4) is 39.6 Å². The number of nitrogens with zero attached hydrogens (tertiary/aromatic N) is 3. The largest absolute Gasteiger partial charge is 0.453 e. The van der Waals surface area contributed by atoms with Gasteiger partial charge in [-0.3, -0.25) is 4.57 Å². The molecule has 0 fully saturated rings. The first-order valence-electron chi connectivity index (χ1n) is 20.4. The first kappa shape index (κ1) is 32.9. The Morgan fingerprint density at radius 3 is 1.48 bits per heavy atom. The van der Waals surface area contributed by atoms with E-state index >= 15 is 0 Å². The minimum absolute atomic E-state index is 0.592. The van der Waals surface area contributed by atoms with Gasteiger partial charge in [0, 0.05) is 43.4 Å². The molecule has 13 rings (SSSR count). The molecule has 4 heteroatoms. The number of furan rings is 1. The van der Waals surface area contributed by atoms with Crippen LogP contribution in [-0.2, 0) is 0 Å². The second-order valence-electron chi connectivity index (χ2n) is 15.6. The van der Waals surface area contributed by atoms with Crippen LogP contribution in [0.15, 0.2) is 205 Å². The molecule has 0 bridgehead atoms. The molecule has 13 aromatic rings. The molecular weight excluding hydrogens is 731 g/mol. The number of fused-ring (bicyclic) bond motifs is 17. The highest BCUT2D eigenvalue weighted by molar-refractivity contribution is 6.42. The van der Waals surface area contributed by atoms with Gasteiger partial charge in [0.05, 0.1) is 16.9 Å². The van der Waals surface area contributed by atoms with E-state index < -0.39 is 0 Å². The number of hydrogen-bond acceptors (Lipinski definition) is 3. The van der Waals surface area contributed by atoms with E-state index in [0.717, 1.165) is 77.0 Å². The second kappa shape index (κ2) is 12.7. The van der Waals surface area contributed by atoms with E-state index in [1.165, 1.54) is 43.4 Å². The van der Waals surface area contributed by atoms with Crippen molar-refractivity contribution >= 4 is 86.8 Å². The molecule has 10 aromatic carbocycles. The predicted octanol–water partition coefficient (Wildman–Crippen LogP) is 15.1. The molecule has 0 atom stereocenters. The van der Waals surface area contributed by atoms with Gasteiger partial charge in [-0.2, -0.15) is 0 Å². The summed E-state index contributed by atoms with van der Waals surface area (Å²) >= 11 is 0. The van der Waals surface area contributed by atoms with Crippen molar-refractivity contribution in [2.45, 2.75) is 0 Å². The maximum Gasteiger partial charge on any atom is 0.235 e. The molecule has 0 amide bonds. The Morgan fingerprint density at radius 1 is 0.317 bits per heavy atom. The standard InChI is InChI=1S/C56H33N3O/c1-4-16-34(17-5-1)37-28-29-43-46(32-37)38-22-10-11-24-40(38)52-50(43)41-25-12-13-26-42(41)51-45-31-30-44-39-23-14-15-27-49(39)59(53(44)54(45)60-55(51)52)56-57-47(35-18-6-2-7-19-35)33-48(58-56)36-20-8-3-9-21-36/h1-33H. The Hall–Kier alpha value is -8.08. The van der Waals surface area contributed by atoms with Crippen LogP contribution in [-0.4, -0.2) is 14.5 Å². The van der Waals surface area contributed by atoms with Crippen molar-refractivity contribution in [2.24, 2.45) is 0 Å². The summed E-state index contributed by atoms with van der Waals surface area (Å²) in [5, 5.41) is 13.9. The van der Waals surface area contributed by atoms with Gasteiger partial charge in [0.25, 0.3) is 0 Å². The highest BCUT2D eigenvalue weighted by Crippen LogP contribution is 2.49. The number of para-hydroxylation sites is 1. The highest BCUT2D eigenvalue weighted by atomic mass is 16.3. The van der Waals surface area contributed by atoms with Crippen LogP contribution < -0.4 is 0 Å². The Morgan fingerprint density at radius 2 is 0.817 bits per heavy atom. The normalized spacial score (nSPS) is 12.0. The number of hydrogen-bond donors (Lipinski definition) is 0. The number of rotatable bonds is 4. The molecule has 278 valence electrons. The lowest BCUT2D eigenvalue weighted by atomic mass is 9.88. The van der Waals surface area contributed by atoms with E-state index in [0.29, 0.717) is 5.95 Å². The zero-order valence-corrected chi connectivity index (χ0v) is 32.3. The van der Waals surface area contributed by atoms with E-state index in [2.05, 4.69) is 193 Å².